The Balaban J connectivity index is 1.18. The molecular formula is C40H33N3O3S4. The van der Waals surface area contributed by atoms with Crippen LogP contribution in [0.25, 0.3) is 67.6 Å². The lowest BCUT2D eigenvalue weighted by atomic mass is 10.1. The molecule has 0 aliphatic rings. The zero-order valence-corrected chi connectivity index (χ0v) is 31.4. The fraction of sp³-hybridized carbons (Fsp3) is 0.175. The first kappa shape index (κ1) is 33.7. The smallest absolute Gasteiger partial charge is 0.322 e. The third kappa shape index (κ3) is 6.11. The van der Waals surface area contributed by atoms with Crippen LogP contribution in [0.15, 0.2) is 72.3 Å². The Kier molecular flexibility index (Phi) is 9.09. The van der Waals surface area contributed by atoms with Gasteiger partial charge in [0, 0.05) is 67.4 Å². The summed E-state index contributed by atoms with van der Waals surface area (Å²) in [6.07, 6.45) is 1.54. The lowest BCUT2D eigenvalue weighted by Gasteiger charge is -2.03. The molecule has 2 N–H and O–H groups in total. The number of carboxylic acids is 1. The minimum atomic E-state index is -1.16. The Morgan fingerprint density at radius 2 is 1.32 bits per heavy atom. The number of nitrogens with zero attached hydrogens (tertiary/aromatic N) is 2. The van der Waals surface area contributed by atoms with Gasteiger partial charge in [-0.2, -0.15) is 5.26 Å². The molecule has 0 aliphatic carbocycles. The number of aryl methyl sites for hydroxylation is 5. The second-order valence-corrected chi connectivity index (χ2v) is 16.5. The molecule has 2 aromatic carbocycles. The summed E-state index contributed by atoms with van der Waals surface area (Å²) >= 11 is 6.97. The summed E-state index contributed by atoms with van der Waals surface area (Å²) in [5, 5.41) is 23.3. The predicted octanol–water partition coefficient (Wildman–Crippen LogP) is 11.1. The number of benzene rings is 2. The van der Waals surface area contributed by atoms with Crippen LogP contribution in [0, 0.1) is 39.0 Å². The third-order valence-electron chi connectivity index (χ3n) is 8.79. The van der Waals surface area contributed by atoms with Crippen LogP contribution in [0.5, 0.6) is 0 Å². The second kappa shape index (κ2) is 13.5. The van der Waals surface area contributed by atoms with Crippen molar-refractivity contribution in [2.45, 2.75) is 41.2 Å². The van der Waals surface area contributed by atoms with Gasteiger partial charge in [-0.1, -0.05) is 24.3 Å². The second-order valence-electron chi connectivity index (χ2n) is 12.3. The standard InChI is InChI=1S/C40H33N3O3S4/c1-6-43-29-10-8-7-9-27(29)28-17-25(11-12-30(28)43)32-14-22(3)38(48-32)34-16-24(5)39(50-34)35-15-23(4)37(49-35)33-13-21(2)31(47-33)18-26(19-41)40(46)42-20-36(44)45/h7-18H,6,20H2,1-5H3,(H,42,46)(H,44,45)/b26-18+. The minimum Gasteiger partial charge on any atom is -0.480 e. The number of hydrogen-bond acceptors (Lipinski definition) is 7. The van der Waals surface area contributed by atoms with E-state index in [0.29, 0.717) is 0 Å². The maximum Gasteiger partial charge on any atom is 0.322 e. The van der Waals surface area contributed by atoms with Gasteiger partial charge in [0.1, 0.15) is 18.2 Å². The van der Waals surface area contributed by atoms with E-state index in [0.717, 1.165) is 26.7 Å². The van der Waals surface area contributed by atoms with Gasteiger partial charge < -0.3 is 15.0 Å². The van der Waals surface area contributed by atoms with Crippen molar-refractivity contribution in [1.82, 2.24) is 9.88 Å². The highest BCUT2D eigenvalue weighted by atomic mass is 32.1. The van der Waals surface area contributed by atoms with Crippen LogP contribution < -0.4 is 5.32 Å². The van der Waals surface area contributed by atoms with Crippen LogP contribution in [0.3, 0.4) is 0 Å². The molecular weight excluding hydrogens is 699 g/mol. The van der Waals surface area contributed by atoms with E-state index >= 15 is 0 Å². The van der Waals surface area contributed by atoms with Crippen molar-refractivity contribution in [2.24, 2.45) is 0 Å². The number of hydrogen-bond donors (Lipinski definition) is 2. The molecule has 1 amide bonds. The number of rotatable bonds is 9. The maximum absolute atomic E-state index is 12.4. The van der Waals surface area contributed by atoms with Crippen LogP contribution in [0.1, 0.15) is 34.1 Å². The normalized spacial score (nSPS) is 11.8. The molecule has 0 saturated carbocycles. The fourth-order valence-electron chi connectivity index (χ4n) is 6.38. The Hall–Kier alpha value is -4.79. The largest absolute Gasteiger partial charge is 0.480 e. The number of para-hydroxylation sites is 1. The first-order valence-corrected chi connectivity index (χ1v) is 19.4. The first-order valence-electron chi connectivity index (χ1n) is 16.1. The molecule has 5 aromatic heterocycles. The van der Waals surface area contributed by atoms with E-state index in [4.69, 9.17) is 5.11 Å². The van der Waals surface area contributed by atoms with Crippen molar-refractivity contribution in [1.29, 1.82) is 5.26 Å². The Labute approximate surface area is 306 Å². The van der Waals surface area contributed by atoms with Gasteiger partial charge in [-0.3, -0.25) is 9.59 Å². The average molecular weight is 732 g/mol. The molecule has 0 fully saturated rings. The van der Waals surface area contributed by atoms with E-state index in [1.54, 1.807) is 17.4 Å². The first-order chi connectivity index (χ1) is 24.1. The predicted molar refractivity (Wildman–Crippen MR) is 212 cm³/mol. The van der Waals surface area contributed by atoms with Crippen LogP contribution >= 0.6 is 45.3 Å². The summed E-state index contributed by atoms with van der Waals surface area (Å²) < 4.78 is 2.39. The number of aromatic nitrogens is 1. The Bertz CT molecular complexity index is 2550. The number of nitriles is 1. The number of nitrogens with one attached hydrogen (secondary N) is 1. The molecule has 7 rings (SSSR count). The summed E-state index contributed by atoms with van der Waals surface area (Å²) in [7, 11) is 0. The van der Waals surface area contributed by atoms with Gasteiger partial charge in [-0.05, 0) is 111 Å². The minimum absolute atomic E-state index is 0.121. The summed E-state index contributed by atoms with van der Waals surface area (Å²) in [5.74, 6) is -1.86. The van der Waals surface area contributed by atoms with Crippen molar-refractivity contribution >= 4 is 85.1 Å². The van der Waals surface area contributed by atoms with E-state index in [1.807, 2.05) is 35.7 Å². The van der Waals surface area contributed by atoms with E-state index in [2.05, 4.69) is 104 Å². The number of aliphatic carboxylic acids is 1. The fourth-order valence-corrected chi connectivity index (χ4v) is 11.5. The lowest BCUT2D eigenvalue weighted by Crippen LogP contribution is -2.30. The van der Waals surface area contributed by atoms with Gasteiger partial charge in [0.25, 0.3) is 5.91 Å². The number of carbonyl (C=O) groups is 2. The Morgan fingerprint density at radius 3 is 1.94 bits per heavy atom. The zero-order valence-electron chi connectivity index (χ0n) is 28.1. The molecule has 0 aliphatic heterocycles. The van der Waals surface area contributed by atoms with Crippen molar-refractivity contribution < 1.29 is 14.7 Å². The number of carboxylic acid groups (broad SMARTS) is 1. The third-order valence-corrected chi connectivity index (χ3v) is 14.3. The van der Waals surface area contributed by atoms with Gasteiger partial charge in [0.15, 0.2) is 0 Å². The van der Waals surface area contributed by atoms with Gasteiger partial charge in [-0.25, -0.2) is 0 Å². The monoisotopic (exact) mass is 731 g/mol. The quantitative estimate of drug-likeness (QED) is 0.114. The Morgan fingerprint density at radius 1 is 0.760 bits per heavy atom. The highest BCUT2D eigenvalue weighted by molar-refractivity contribution is 7.29. The SMILES string of the molecule is CCn1c2ccccc2c2cc(-c3cc(C)c(-c4cc(C)c(-c5cc(C)c(-c6cc(C)c(/C=C(\C#N)C(=O)NCC(=O)O)s6)s5)s4)s3)ccc21. The molecule has 0 saturated heterocycles. The van der Waals surface area contributed by atoms with Gasteiger partial charge in [0.2, 0.25) is 0 Å². The number of carbonyl (C=O) groups excluding carboxylic acids is 1. The van der Waals surface area contributed by atoms with Crippen LogP contribution in [0.2, 0.25) is 0 Å². The molecule has 0 atom stereocenters. The van der Waals surface area contributed by atoms with Gasteiger partial charge in [-0.15, -0.1) is 45.3 Å². The van der Waals surface area contributed by atoms with E-state index in [-0.39, 0.29) is 5.57 Å². The van der Waals surface area contributed by atoms with E-state index in [1.165, 1.54) is 79.8 Å². The summed E-state index contributed by atoms with van der Waals surface area (Å²) in [5.41, 5.74) is 8.32. The summed E-state index contributed by atoms with van der Waals surface area (Å²) in [6.45, 7) is 11.1. The topological polar surface area (TPSA) is 95.1 Å². The lowest BCUT2D eigenvalue weighted by molar-refractivity contribution is -0.137. The van der Waals surface area contributed by atoms with Crippen LogP contribution in [-0.4, -0.2) is 28.1 Å². The number of thiophene rings is 4. The summed E-state index contributed by atoms with van der Waals surface area (Å²) in [6, 6.07) is 26.4. The van der Waals surface area contributed by atoms with Crippen molar-refractivity contribution in [2.75, 3.05) is 6.54 Å². The van der Waals surface area contributed by atoms with E-state index < -0.39 is 18.4 Å². The maximum atomic E-state index is 12.4. The highest BCUT2D eigenvalue weighted by Gasteiger charge is 2.20. The van der Waals surface area contributed by atoms with Crippen LogP contribution in [0.4, 0.5) is 0 Å². The molecule has 50 heavy (non-hydrogen) atoms. The highest BCUT2D eigenvalue weighted by Crippen LogP contribution is 2.49. The molecule has 0 unspecified atom stereocenters. The molecule has 250 valence electrons. The number of fused-ring (bicyclic) bond motifs is 3. The molecule has 0 radical (unpaired) electrons. The van der Waals surface area contributed by atoms with Crippen molar-refractivity contribution in [3.63, 3.8) is 0 Å². The number of amides is 1. The van der Waals surface area contributed by atoms with Crippen molar-refractivity contribution in [3.8, 4) is 45.8 Å². The molecule has 7 aromatic rings. The average Bonchev–Trinajstić information content (AvgIpc) is 3.92. The van der Waals surface area contributed by atoms with Crippen LogP contribution in [-0.2, 0) is 16.1 Å². The van der Waals surface area contributed by atoms with E-state index in [9.17, 15) is 14.9 Å². The van der Waals surface area contributed by atoms with Gasteiger partial charge in [0.05, 0.1) is 0 Å². The molecule has 0 spiro atoms. The zero-order chi connectivity index (χ0) is 35.3. The molecule has 5 heterocycles. The molecule has 6 nitrogen and oxygen atoms in total. The van der Waals surface area contributed by atoms with Crippen molar-refractivity contribution in [3.05, 3.63) is 99.4 Å². The van der Waals surface area contributed by atoms with Gasteiger partial charge >= 0.3 is 5.97 Å². The molecule has 0 bridgehead atoms. The molecule has 10 heteroatoms. The summed E-state index contributed by atoms with van der Waals surface area (Å²) in [4.78, 5) is 32.6.